The monoisotopic (exact) mass is 344 g/mol. The lowest BCUT2D eigenvalue weighted by molar-refractivity contribution is -0.252. The van der Waals surface area contributed by atoms with Crippen molar-refractivity contribution in [3.8, 4) is 0 Å². The minimum Gasteiger partial charge on any atom is -0.393 e. The Morgan fingerprint density at radius 1 is 1.28 bits per heavy atom. The van der Waals surface area contributed by atoms with Crippen LogP contribution < -0.4 is 0 Å². The van der Waals surface area contributed by atoms with Gasteiger partial charge in [-0.15, -0.1) is 0 Å². The summed E-state index contributed by atoms with van der Waals surface area (Å²) in [6.45, 7) is 8.73. The largest absolute Gasteiger partial charge is 0.393 e. The van der Waals surface area contributed by atoms with Gasteiger partial charge in [-0.1, -0.05) is 32.4 Å². The van der Waals surface area contributed by atoms with E-state index in [1.807, 2.05) is 0 Å². The molecule has 1 N–H and O–H groups in total. The van der Waals surface area contributed by atoms with Crippen molar-refractivity contribution in [1.82, 2.24) is 0 Å². The third-order valence-electron chi connectivity index (χ3n) is 9.54. The van der Waals surface area contributed by atoms with Crippen molar-refractivity contribution in [3.63, 3.8) is 0 Å². The van der Waals surface area contributed by atoms with Crippen LogP contribution in [0.3, 0.4) is 0 Å². The second-order valence-electron chi connectivity index (χ2n) is 10.2. The molecule has 5 fully saturated rings. The standard InChI is InChI=1S/C22H32O3/c1-12-9-18-16-6-5-14-10-15(24)11-19-21(14,4)17(16)7-8-20(18,3)22(12,25-19)13(2)23/h5,12,15-19,24H,6-11H2,1-4H3. The highest BCUT2D eigenvalue weighted by Crippen LogP contribution is 2.72. The Hall–Kier alpha value is -0.670. The first-order valence-electron chi connectivity index (χ1n) is 10.3. The van der Waals surface area contributed by atoms with Gasteiger partial charge in [0.25, 0.3) is 0 Å². The van der Waals surface area contributed by atoms with Crippen molar-refractivity contribution in [2.75, 3.05) is 0 Å². The second-order valence-corrected chi connectivity index (χ2v) is 10.2. The molecular weight excluding hydrogens is 312 g/mol. The summed E-state index contributed by atoms with van der Waals surface area (Å²) >= 11 is 0. The van der Waals surface area contributed by atoms with Crippen LogP contribution in [0.5, 0.6) is 0 Å². The number of hydrogen-bond donors (Lipinski definition) is 1. The summed E-state index contributed by atoms with van der Waals surface area (Å²) in [7, 11) is 0. The van der Waals surface area contributed by atoms with Gasteiger partial charge in [0.1, 0.15) is 5.60 Å². The van der Waals surface area contributed by atoms with Gasteiger partial charge in [-0.3, -0.25) is 4.79 Å². The molecule has 0 aromatic rings. The Morgan fingerprint density at radius 2 is 2.04 bits per heavy atom. The molecule has 0 aromatic heterocycles. The quantitative estimate of drug-likeness (QED) is 0.734. The van der Waals surface area contributed by atoms with Gasteiger partial charge in [0, 0.05) is 17.3 Å². The first kappa shape index (κ1) is 16.5. The molecule has 0 radical (unpaired) electrons. The van der Waals surface area contributed by atoms with Crippen LogP contribution in [-0.2, 0) is 9.53 Å². The van der Waals surface area contributed by atoms with E-state index < -0.39 is 5.60 Å². The van der Waals surface area contributed by atoms with E-state index in [1.165, 1.54) is 12.0 Å². The van der Waals surface area contributed by atoms with E-state index in [0.29, 0.717) is 24.2 Å². The molecule has 3 saturated carbocycles. The lowest BCUT2D eigenvalue weighted by Gasteiger charge is -2.65. The number of carbonyl (C=O) groups is 1. The zero-order valence-corrected chi connectivity index (χ0v) is 16.0. The van der Waals surface area contributed by atoms with Gasteiger partial charge < -0.3 is 9.84 Å². The van der Waals surface area contributed by atoms with Gasteiger partial charge in [0.05, 0.1) is 12.2 Å². The smallest absolute Gasteiger partial charge is 0.162 e. The van der Waals surface area contributed by atoms with Crippen molar-refractivity contribution < 1.29 is 14.6 Å². The Balaban J connectivity index is 1.77. The topological polar surface area (TPSA) is 46.5 Å². The van der Waals surface area contributed by atoms with E-state index in [9.17, 15) is 9.90 Å². The van der Waals surface area contributed by atoms with Gasteiger partial charge in [-0.2, -0.15) is 0 Å². The maximum Gasteiger partial charge on any atom is 0.162 e. The number of ether oxygens (including phenoxy) is 1. The fourth-order valence-corrected chi connectivity index (χ4v) is 8.48. The third kappa shape index (κ3) is 1.64. The molecule has 3 heteroatoms. The Bertz CT molecular complexity index is 668. The van der Waals surface area contributed by atoms with Crippen LogP contribution in [0.1, 0.15) is 66.2 Å². The Morgan fingerprint density at radius 3 is 2.76 bits per heavy atom. The van der Waals surface area contributed by atoms with E-state index in [-0.39, 0.29) is 34.7 Å². The first-order chi connectivity index (χ1) is 11.7. The van der Waals surface area contributed by atoms with E-state index in [1.54, 1.807) is 6.92 Å². The van der Waals surface area contributed by atoms with Crippen LogP contribution in [0.4, 0.5) is 0 Å². The molecule has 0 aromatic carbocycles. The van der Waals surface area contributed by atoms with E-state index in [0.717, 1.165) is 25.7 Å². The molecule has 25 heavy (non-hydrogen) atoms. The van der Waals surface area contributed by atoms with Gasteiger partial charge in [0.2, 0.25) is 0 Å². The maximum atomic E-state index is 13.1. The zero-order chi connectivity index (χ0) is 17.8. The number of Topliss-reactive ketones (excluding diaryl/α,β-unsaturated/α-hetero) is 1. The van der Waals surface area contributed by atoms with Crippen molar-refractivity contribution in [3.05, 3.63) is 11.6 Å². The summed E-state index contributed by atoms with van der Waals surface area (Å²) in [6.07, 6.45) is 8.13. The lowest BCUT2D eigenvalue weighted by atomic mass is 9.44. The van der Waals surface area contributed by atoms with Crippen molar-refractivity contribution in [2.24, 2.45) is 34.5 Å². The molecule has 2 heterocycles. The number of aliphatic hydroxyl groups is 1. The highest BCUT2D eigenvalue weighted by Gasteiger charge is 2.73. The average molecular weight is 344 g/mol. The van der Waals surface area contributed by atoms with Crippen LogP contribution in [0.15, 0.2) is 11.6 Å². The van der Waals surface area contributed by atoms with Crippen molar-refractivity contribution >= 4 is 5.78 Å². The summed E-state index contributed by atoms with van der Waals surface area (Å²) < 4.78 is 6.96. The van der Waals surface area contributed by atoms with Crippen molar-refractivity contribution in [2.45, 2.75) is 84.0 Å². The molecule has 6 rings (SSSR count). The fourth-order valence-electron chi connectivity index (χ4n) is 8.48. The van der Waals surface area contributed by atoms with Gasteiger partial charge in [0.15, 0.2) is 5.78 Å². The maximum absolute atomic E-state index is 13.1. The third-order valence-corrected chi connectivity index (χ3v) is 9.54. The zero-order valence-electron chi connectivity index (χ0n) is 16.0. The number of fused-ring (bicyclic) bond motifs is 1. The average Bonchev–Trinajstić information content (AvgIpc) is 2.77. The van der Waals surface area contributed by atoms with Crippen LogP contribution in [-0.4, -0.2) is 28.7 Å². The van der Waals surface area contributed by atoms with Gasteiger partial charge in [-0.25, -0.2) is 0 Å². The molecule has 6 aliphatic rings. The summed E-state index contributed by atoms with van der Waals surface area (Å²) in [4.78, 5) is 13.1. The predicted molar refractivity (Wildman–Crippen MR) is 95.9 cm³/mol. The Labute approximate surface area is 151 Å². The molecule has 6 bridgehead atoms. The van der Waals surface area contributed by atoms with Crippen molar-refractivity contribution in [1.29, 1.82) is 0 Å². The highest BCUT2D eigenvalue weighted by atomic mass is 16.5. The van der Waals surface area contributed by atoms with Crippen LogP contribution in [0.2, 0.25) is 0 Å². The molecule has 9 atom stereocenters. The molecular formula is C22H32O3. The van der Waals surface area contributed by atoms with Gasteiger partial charge in [-0.05, 0) is 62.7 Å². The normalized spacial score (nSPS) is 59.2. The number of ketones is 1. The molecule has 0 amide bonds. The minimum absolute atomic E-state index is 0.00685. The van der Waals surface area contributed by atoms with Crippen LogP contribution in [0.25, 0.3) is 0 Å². The van der Waals surface area contributed by atoms with Gasteiger partial charge >= 0.3 is 0 Å². The fraction of sp³-hybridized carbons (Fsp3) is 0.864. The van der Waals surface area contributed by atoms with Crippen LogP contribution >= 0.6 is 0 Å². The number of hydrogen-bond acceptors (Lipinski definition) is 3. The number of rotatable bonds is 1. The van der Waals surface area contributed by atoms with Crippen LogP contribution in [0, 0.1) is 34.5 Å². The molecule has 2 saturated heterocycles. The second kappa shape index (κ2) is 4.78. The minimum atomic E-state index is -0.660. The number of allylic oxidation sites excluding steroid dienone is 1. The summed E-state index contributed by atoms with van der Waals surface area (Å²) in [5.41, 5.74) is 0.711. The first-order valence-corrected chi connectivity index (χ1v) is 10.3. The lowest BCUT2D eigenvalue weighted by Crippen LogP contribution is -2.67. The highest BCUT2D eigenvalue weighted by molar-refractivity contribution is 5.87. The molecule has 138 valence electrons. The van der Waals surface area contributed by atoms with E-state index in [2.05, 4.69) is 26.8 Å². The summed E-state index contributed by atoms with van der Waals surface area (Å²) in [5.74, 6) is 2.41. The molecule has 2 aliphatic heterocycles. The molecule has 3 nitrogen and oxygen atoms in total. The molecule has 0 spiro atoms. The molecule has 4 aliphatic carbocycles. The summed E-state index contributed by atoms with van der Waals surface area (Å²) in [6, 6.07) is 0. The molecule has 9 unspecified atom stereocenters. The van der Waals surface area contributed by atoms with E-state index >= 15 is 0 Å². The predicted octanol–water partition coefficient (Wildman–Crippen LogP) is 3.89. The van der Waals surface area contributed by atoms with E-state index in [4.69, 9.17) is 4.74 Å². The summed E-state index contributed by atoms with van der Waals surface area (Å²) in [5, 5.41) is 10.5. The number of carbonyl (C=O) groups excluding carboxylic acids is 1. The number of aliphatic hydroxyl groups excluding tert-OH is 1. The SMILES string of the molecule is CC(=O)C12OC3CC(O)CC4=CCC5C(CCC1(C)C5CC2C)C43C. The Kier molecular flexibility index (Phi) is 3.16.